The lowest BCUT2D eigenvalue weighted by Crippen LogP contribution is -2.32. The van der Waals surface area contributed by atoms with Crippen LogP contribution in [0.1, 0.15) is 51.3 Å². The van der Waals surface area contributed by atoms with Crippen LogP contribution in [0.4, 0.5) is 0 Å². The maximum absolute atomic E-state index is 10.9. The van der Waals surface area contributed by atoms with Crippen LogP contribution >= 0.6 is 0 Å². The standard InChI is InChI=1S/C16H26N2O/c1-11(2)9-14-5-7-15(8-6-14)13(4)18-12(3)10-16(17)19/h5-8,11-13,18H,9-10H2,1-4H3,(H2,17,19). The molecule has 2 atom stereocenters. The average molecular weight is 262 g/mol. The fraction of sp³-hybridized carbons (Fsp3) is 0.562. The molecule has 0 radical (unpaired) electrons. The van der Waals surface area contributed by atoms with E-state index in [1.807, 2.05) is 6.92 Å². The van der Waals surface area contributed by atoms with E-state index in [1.54, 1.807) is 0 Å². The molecule has 3 heteroatoms. The van der Waals surface area contributed by atoms with Crippen molar-refractivity contribution in [3.8, 4) is 0 Å². The van der Waals surface area contributed by atoms with E-state index in [9.17, 15) is 4.79 Å². The average Bonchev–Trinajstić information content (AvgIpc) is 2.27. The van der Waals surface area contributed by atoms with Crippen molar-refractivity contribution in [3.63, 3.8) is 0 Å². The quantitative estimate of drug-likeness (QED) is 0.794. The predicted molar refractivity (Wildman–Crippen MR) is 79.8 cm³/mol. The van der Waals surface area contributed by atoms with Gasteiger partial charge in [0.1, 0.15) is 0 Å². The topological polar surface area (TPSA) is 55.1 Å². The van der Waals surface area contributed by atoms with Gasteiger partial charge in [-0.2, -0.15) is 0 Å². The molecule has 0 fully saturated rings. The molecule has 1 amide bonds. The number of primary amides is 1. The summed E-state index contributed by atoms with van der Waals surface area (Å²) in [5.41, 5.74) is 7.81. The third-order valence-corrected chi connectivity index (χ3v) is 3.17. The predicted octanol–water partition coefficient (Wildman–Crippen LogP) is 2.80. The zero-order chi connectivity index (χ0) is 14.4. The summed E-state index contributed by atoms with van der Waals surface area (Å²) in [6.07, 6.45) is 1.48. The Morgan fingerprint density at radius 1 is 1.16 bits per heavy atom. The molecule has 1 rings (SSSR count). The molecular formula is C16H26N2O. The molecule has 1 aromatic carbocycles. The molecule has 1 aromatic rings. The number of amides is 1. The fourth-order valence-corrected chi connectivity index (χ4v) is 2.30. The highest BCUT2D eigenvalue weighted by Crippen LogP contribution is 2.16. The molecule has 2 unspecified atom stereocenters. The lowest BCUT2D eigenvalue weighted by atomic mass is 9.99. The highest BCUT2D eigenvalue weighted by atomic mass is 16.1. The van der Waals surface area contributed by atoms with E-state index < -0.39 is 0 Å². The summed E-state index contributed by atoms with van der Waals surface area (Å²) in [5.74, 6) is 0.413. The number of carbonyl (C=O) groups excluding carboxylic acids is 1. The summed E-state index contributed by atoms with van der Waals surface area (Å²) in [7, 11) is 0. The van der Waals surface area contributed by atoms with Gasteiger partial charge < -0.3 is 11.1 Å². The van der Waals surface area contributed by atoms with Gasteiger partial charge in [0.05, 0.1) is 0 Å². The summed E-state index contributed by atoms with van der Waals surface area (Å²) in [6.45, 7) is 8.54. The third-order valence-electron chi connectivity index (χ3n) is 3.17. The van der Waals surface area contributed by atoms with E-state index in [-0.39, 0.29) is 18.0 Å². The third kappa shape index (κ3) is 5.88. The number of nitrogens with one attached hydrogen (secondary N) is 1. The number of benzene rings is 1. The van der Waals surface area contributed by atoms with Gasteiger partial charge in [0.2, 0.25) is 5.91 Å². The smallest absolute Gasteiger partial charge is 0.218 e. The highest BCUT2D eigenvalue weighted by Gasteiger charge is 2.11. The van der Waals surface area contributed by atoms with E-state index in [0.29, 0.717) is 12.3 Å². The summed E-state index contributed by atoms with van der Waals surface area (Å²) >= 11 is 0. The van der Waals surface area contributed by atoms with Crippen LogP contribution in [0.25, 0.3) is 0 Å². The first-order valence-electron chi connectivity index (χ1n) is 7.01. The molecule has 0 aliphatic heterocycles. The van der Waals surface area contributed by atoms with Crippen molar-refractivity contribution < 1.29 is 4.79 Å². The van der Waals surface area contributed by atoms with Crippen LogP contribution in [0.15, 0.2) is 24.3 Å². The summed E-state index contributed by atoms with van der Waals surface area (Å²) < 4.78 is 0. The van der Waals surface area contributed by atoms with Crippen molar-refractivity contribution in [1.82, 2.24) is 5.32 Å². The van der Waals surface area contributed by atoms with Crippen LogP contribution in [-0.4, -0.2) is 11.9 Å². The normalized spacial score (nSPS) is 14.4. The lowest BCUT2D eigenvalue weighted by molar-refractivity contribution is -0.118. The molecule has 0 saturated heterocycles. The van der Waals surface area contributed by atoms with Crippen molar-refractivity contribution >= 4 is 5.91 Å². The second-order valence-corrected chi connectivity index (χ2v) is 5.80. The Balaban J connectivity index is 2.57. The van der Waals surface area contributed by atoms with E-state index in [4.69, 9.17) is 5.73 Å². The van der Waals surface area contributed by atoms with Gasteiger partial charge in [0.15, 0.2) is 0 Å². The molecular weight excluding hydrogens is 236 g/mol. The van der Waals surface area contributed by atoms with Crippen LogP contribution in [0.2, 0.25) is 0 Å². The van der Waals surface area contributed by atoms with Crippen LogP contribution in [0, 0.1) is 5.92 Å². The largest absolute Gasteiger partial charge is 0.370 e. The molecule has 3 N–H and O–H groups in total. The molecule has 0 aliphatic rings. The van der Waals surface area contributed by atoms with Crippen molar-refractivity contribution in [2.45, 2.75) is 52.6 Å². The second-order valence-electron chi connectivity index (χ2n) is 5.80. The zero-order valence-corrected chi connectivity index (χ0v) is 12.4. The maximum Gasteiger partial charge on any atom is 0.218 e. The number of nitrogens with two attached hydrogens (primary N) is 1. The monoisotopic (exact) mass is 262 g/mol. The van der Waals surface area contributed by atoms with Crippen molar-refractivity contribution in [2.75, 3.05) is 0 Å². The number of rotatable bonds is 7. The molecule has 0 saturated carbocycles. The van der Waals surface area contributed by atoms with Gasteiger partial charge in [-0.05, 0) is 37.3 Å². The first-order chi connectivity index (χ1) is 8.88. The van der Waals surface area contributed by atoms with Crippen molar-refractivity contribution in [2.24, 2.45) is 11.7 Å². The molecule has 0 heterocycles. The van der Waals surface area contributed by atoms with E-state index in [0.717, 1.165) is 6.42 Å². The number of hydrogen-bond donors (Lipinski definition) is 2. The van der Waals surface area contributed by atoms with E-state index in [1.165, 1.54) is 11.1 Å². The molecule has 0 aliphatic carbocycles. The lowest BCUT2D eigenvalue weighted by Gasteiger charge is -2.19. The molecule has 19 heavy (non-hydrogen) atoms. The van der Waals surface area contributed by atoms with Gasteiger partial charge in [-0.3, -0.25) is 4.79 Å². The summed E-state index contributed by atoms with van der Waals surface area (Å²) in [5, 5.41) is 3.39. The van der Waals surface area contributed by atoms with Gasteiger partial charge >= 0.3 is 0 Å². The number of carbonyl (C=O) groups is 1. The Kier molecular flexibility index (Phi) is 6.03. The molecule has 0 bridgehead atoms. The number of hydrogen-bond acceptors (Lipinski definition) is 2. The molecule has 0 spiro atoms. The van der Waals surface area contributed by atoms with Crippen LogP contribution in [0.3, 0.4) is 0 Å². The SMILES string of the molecule is CC(C)Cc1ccc(C(C)NC(C)CC(N)=O)cc1. The zero-order valence-electron chi connectivity index (χ0n) is 12.4. The van der Waals surface area contributed by atoms with Gasteiger partial charge in [0.25, 0.3) is 0 Å². The Bertz CT molecular complexity index is 398. The molecule has 3 nitrogen and oxygen atoms in total. The van der Waals surface area contributed by atoms with Crippen LogP contribution in [-0.2, 0) is 11.2 Å². The highest BCUT2D eigenvalue weighted by molar-refractivity contribution is 5.74. The first kappa shape index (κ1) is 15.7. The maximum atomic E-state index is 10.9. The Morgan fingerprint density at radius 3 is 2.21 bits per heavy atom. The minimum Gasteiger partial charge on any atom is -0.370 e. The Morgan fingerprint density at radius 2 is 1.74 bits per heavy atom. The van der Waals surface area contributed by atoms with Crippen molar-refractivity contribution in [3.05, 3.63) is 35.4 Å². The van der Waals surface area contributed by atoms with E-state index in [2.05, 4.69) is 50.4 Å². The minimum atomic E-state index is -0.264. The van der Waals surface area contributed by atoms with Gasteiger partial charge in [-0.15, -0.1) is 0 Å². The summed E-state index contributed by atoms with van der Waals surface area (Å²) in [6, 6.07) is 9.02. The summed E-state index contributed by atoms with van der Waals surface area (Å²) in [4.78, 5) is 10.9. The minimum absolute atomic E-state index is 0.0999. The molecule has 106 valence electrons. The van der Waals surface area contributed by atoms with Gasteiger partial charge in [-0.25, -0.2) is 0 Å². The second kappa shape index (κ2) is 7.29. The van der Waals surface area contributed by atoms with Gasteiger partial charge in [-0.1, -0.05) is 38.1 Å². The Hall–Kier alpha value is -1.35. The van der Waals surface area contributed by atoms with Gasteiger partial charge in [0, 0.05) is 18.5 Å². The van der Waals surface area contributed by atoms with E-state index >= 15 is 0 Å². The van der Waals surface area contributed by atoms with Crippen LogP contribution < -0.4 is 11.1 Å². The Labute approximate surface area is 116 Å². The fourth-order valence-electron chi connectivity index (χ4n) is 2.30. The van der Waals surface area contributed by atoms with Crippen LogP contribution in [0.5, 0.6) is 0 Å². The molecule has 0 aromatic heterocycles. The first-order valence-corrected chi connectivity index (χ1v) is 7.01. The van der Waals surface area contributed by atoms with Crippen molar-refractivity contribution in [1.29, 1.82) is 0 Å².